The molecule has 2 aromatic carbocycles. The number of benzene rings is 2. The van der Waals surface area contributed by atoms with Gasteiger partial charge in [-0.25, -0.2) is 4.79 Å². The second kappa shape index (κ2) is 6.57. The second-order valence-corrected chi connectivity index (χ2v) is 4.49. The van der Waals surface area contributed by atoms with Crippen LogP contribution in [0.25, 0.3) is 6.08 Å². The molecule has 3 heteroatoms. The molecule has 0 atom stereocenters. The van der Waals surface area contributed by atoms with E-state index in [0.29, 0.717) is 11.3 Å². The quantitative estimate of drug-likeness (QED) is 0.682. The predicted octanol–water partition coefficient (Wildman–Crippen LogP) is 3.45. The van der Waals surface area contributed by atoms with Crippen molar-refractivity contribution in [2.45, 2.75) is 6.92 Å². The maximum atomic E-state index is 11.9. The van der Waals surface area contributed by atoms with Crippen molar-refractivity contribution in [1.82, 2.24) is 0 Å². The Balaban J connectivity index is 1.93. The highest BCUT2D eigenvalue weighted by molar-refractivity contribution is 5.92. The molecule has 0 spiro atoms. The molecule has 2 aromatic rings. The van der Waals surface area contributed by atoms with E-state index in [-0.39, 0.29) is 12.6 Å². The van der Waals surface area contributed by atoms with Gasteiger partial charge in [-0.2, -0.15) is 0 Å². The van der Waals surface area contributed by atoms with Crippen molar-refractivity contribution in [3.05, 3.63) is 71.3 Å². The molecule has 0 radical (unpaired) electrons. The lowest BCUT2D eigenvalue weighted by Gasteiger charge is -2.06. The van der Waals surface area contributed by atoms with Crippen LogP contribution in [-0.4, -0.2) is 12.6 Å². The van der Waals surface area contributed by atoms with Crippen LogP contribution in [0.3, 0.4) is 0 Å². The summed E-state index contributed by atoms with van der Waals surface area (Å²) in [6, 6.07) is 15.1. The van der Waals surface area contributed by atoms with Crippen LogP contribution in [0.4, 0.5) is 5.69 Å². The van der Waals surface area contributed by atoms with Gasteiger partial charge in [0.1, 0.15) is 6.61 Å². The number of aryl methyl sites for hydroxylation is 1. The average Bonchev–Trinajstić information content (AvgIpc) is 2.47. The Labute approximate surface area is 118 Å². The van der Waals surface area contributed by atoms with Crippen LogP contribution in [-0.2, 0) is 4.74 Å². The SMILES string of the molecule is Cc1ccc(N)cc1C(=O)OC/C=C/c1ccccc1. The number of carbonyl (C=O) groups is 1. The third kappa shape index (κ3) is 3.72. The number of esters is 1. The lowest BCUT2D eigenvalue weighted by Crippen LogP contribution is -2.07. The van der Waals surface area contributed by atoms with Crippen molar-refractivity contribution in [3.63, 3.8) is 0 Å². The number of carbonyl (C=O) groups excluding carboxylic acids is 1. The standard InChI is InChI=1S/C17H17NO2/c1-13-9-10-15(18)12-16(13)17(19)20-11-5-8-14-6-3-2-4-7-14/h2-10,12H,11,18H2,1H3/b8-5+. The van der Waals surface area contributed by atoms with E-state index >= 15 is 0 Å². The molecule has 0 amide bonds. The summed E-state index contributed by atoms with van der Waals surface area (Å²) in [5.74, 6) is -0.354. The molecular formula is C17H17NO2. The summed E-state index contributed by atoms with van der Waals surface area (Å²) in [6.07, 6.45) is 3.73. The fourth-order valence-corrected chi connectivity index (χ4v) is 1.81. The first-order valence-electron chi connectivity index (χ1n) is 6.41. The smallest absolute Gasteiger partial charge is 0.338 e. The lowest BCUT2D eigenvalue weighted by atomic mass is 10.1. The van der Waals surface area contributed by atoms with Gasteiger partial charge in [0.15, 0.2) is 0 Å². The molecule has 0 aliphatic rings. The monoisotopic (exact) mass is 267 g/mol. The molecule has 0 aliphatic heterocycles. The molecule has 0 heterocycles. The molecule has 2 rings (SSSR count). The van der Waals surface area contributed by atoms with E-state index in [0.717, 1.165) is 11.1 Å². The summed E-state index contributed by atoms with van der Waals surface area (Å²) >= 11 is 0. The minimum atomic E-state index is -0.354. The zero-order valence-corrected chi connectivity index (χ0v) is 11.4. The summed E-state index contributed by atoms with van der Waals surface area (Å²) in [5.41, 5.74) is 8.67. The van der Waals surface area contributed by atoms with Crippen LogP contribution in [0.15, 0.2) is 54.6 Å². The molecule has 0 saturated heterocycles. The fraction of sp³-hybridized carbons (Fsp3) is 0.118. The molecule has 0 fully saturated rings. The zero-order chi connectivity index (χ0) is 14.4. The number of hydrogen-bond acceptors (Lipinski definition) is 3. The van der Waals surface area contributed by atoms with Gasteiger partial charge in [0.05, 0.1) is 5.56 Å². The van der Waals surface area contributed by atoms with Gasteiger partial charge in [-0.3, -0.25) is 0 Å². The van der Waals surface area contributed by atoms with Crippen LogP contribution in [0.5, 0.6) is 0 Å². The molecule has 3 nitrogen and oxygen atoms in total. The molecular weight excluding hydrogens is 250 g/mol. The molecule has 0 saturated carbocycles. The second-order valence-electron chi connectivity index (χ2n) is 4.49. The first kappa shape index (κ1) is 13.9. The zero-order valence-electron chi connectivity index (χ0n) is 11.4. The van der Waals surface area contributed by atoms with Gasteiger partial charge in [-0.1, -0.05) is 42.5 Å². The van der Waals surface area contributed by atoms with Crippen LogP contribution >= 0.6 is 0 Å². The largest absolute Gasteiger partial charge is 0.458 e. The third-order valence-corrected chi connectivity index (χ3v) is 2.90. The number of nitrogen functional groups attached to an aromatic ring is 1. The molecule has 102 valence electrons. The predicted molar refractivity (Wildman–Crippen MR) is 81.3 cm³/mol. The Kier molecular flexibility index (Phi) is 4.56. The maximum absolute atomic E-state index is 11.9. The van der Waals surface area contributed by atoms with E-state index in [4.69, 9.17) is 10.5 Å². The first-order valence-corrected chi connectivity index (χ1v) is 6.41. The van der Waals surface area contributed by atoms with Crippen molar-refractivity contribution in [2.75, 3.05) is 12.3 Å². The Morgan fingerprint density at radius 1 is 1.20 bits per heavy atom. The Hall–Kier alpha value is -2.55. The van der Waals surface area contributed by atoms with E-state index < -0.39 is 0 Å². The number of hydrogen-bond donors (Lipinski definition) is 1. The van der Waals surface area contributed by atoms with E-state index in [2.05, 4.69) is 0 Å². The van der Waals surface area contributed by atoms with Crippen LogP contribution in [0.2, 0.25) is 0 Å². The first-order chi connectivity index (χ1) is 9.66. The van der Waals surface area contributed by atoms with Gasteiger partial charge in [0.25, 0.3) is 0 Å². The van der Waals surface area contributed by atoms with Crippen molar-refractivity contribution in [1.29, 1.82) is 0 Å². The topological polar surface area (TPSA) is 52.3 Å². The normalized spacial score (nSPS) is 10.7. The van der Waals surface area contributed by atoms with Crippen LogP contribution in [0, 0.1) is 6.92 Å². The lowest BCUT2D eigenvalue weighted by molar-refractivity contribution is 0.0549. The summed E-state index contributed by atoms with van der Waals surface area (Å²) < 4.78 is 5.20. The van der Waals surface area contributed by atoms with Gasteiger partial charge >= 0.3 is 5.97 Å². The Bertz CT molecular complexity index is 618. The molecule has 0 bridgehead atoms. The van der Waals surface area contributed by atoms with Gasteiger partial charge in [0.2, 0.25) is 0 Å². The van der Waals surface area contributed by atoms with Crippen LogP contribution in [0.1, 0.15) is 21.5 Å². The van der Waals surface area contributed by atoms with Gasteiger partial charge < -0.3 is 10.5 Å². The summed E-state index contributed by atoms with van der Waals surface area (Å²) in [6.45, 7) is 2.10. The average molecular weight is 267 g/mol. The van der Waals surface area contributed by atoms with Crippen molar-refractivity contribution in [2.24, 2.45) is 0 Å². The number of ether oxygens (including phenoxy) is 1. The van der Waals surface area contributed by atoms with Crippen molar-refractivity contribution < 1.29 is 9.53 Å². The van der Waals surface area contributed by atoms with E-state index in [9.17, 15) is 4.79 Å². The van der Waals surface area contributed by atoms with Gasteiger partial charge in [0, 0.05) is 5.69 Å². The number of anilines is 1. The molecule has 0 aliphatic carbocycles. The molecule has 0 aromatic heterocycles. The highest BCUT2D eigenvalue weighted by atomic mass is 16.5. The fourth-order valence-electron chi connectivity index (χ4n) is 1.81. The molecule has 20 heavy (non-hydrogen) atoms. The van der Waals surface area contributed by atoms with Gasteiger partial charge in [-0.15, -0.1) is 0 Å². The summed E-state index contributed by atoms with van der Waals surface area (Å²) in [5, 5.41) is 0. The number of rotatable bonds is 4. The highest BCUT2D eigenvalue weighted by Crippen LogP contribution is 2.13. The maximum Gasteiger partial charge on any atom is 0.338 e. The number of nitrogens with two attached hydrogens (primary N) is 1. The Morgan fingerprint density at radius 2 is 1.95 bits per heavy atom. The van der Waals surface area contributed by atoms with Crippen molar-refractivity contribution in [3.8, 4) is 0 Å². The molecule has 0 unspecified atom stereocenters. The van der Waals surface area contributed by atoms with Crippen molar-refractivity contribution >= 4 is 17.7 Å². The highest BCUT2D eigenvalue weighted by Gasteiger charge is 2.09. The minimum Gasteiger partial charge on any atom is -0.458 e. The van der Waals surface area contributed by atoms with E-state index in [1.807, 2.05) is 55.5 Å². The summed E-state index contributed by atoms with van der Waals surface area (Å²) in [7, 11) is 0. The minimum absolute atomic E-state index is 0.238. The summed E-state index contributed by atoms with van der Waals surface area (Å²) in [4.78, 5) is 11.9. The van der Waals surface area contributed by atoms with E-state index in [1.54, 1.807) is 12.1 Å². The van der Waals surface area contributed by atoms with Crippen LogP contribution < -0.4 is 5.73 Å². The van der Waals surface area contributed by atoms with E-state index in [1.165, 1.54) is 0 Å². The van der Waals surface area contributed by atoms with Gasteiger partial charge in [-0.05, 0) is 36.3 Å². The third-order valence-electron chi connectivity index (χ3n) is 2.90. The Morgan fingerprint density at radius 3 is 2.70 bits per heavy atom. The molecule has 2 N–H and O–H groups in total.